The van der Waals surface area contributed by atoms with Crippen molar-refractivity contribution in [3.05, 3.63) is 46.1 Å². The van der Waals surface area contributed by atoms with Crippen LogP contribution < -0.4 is 21.3 Å². The summed E-state index contributed by atoms with van der Waals surface area (Å²) in [6, 6.07) is 4.64. The fourth-order valence-corrected chi connectivity index (χ4v) is 4.64. The summed E-state index contributed by atoms with van der Waals surface area (Å²) in [5.74, 6) is -1.14. The molecule has 3 heterocycles. The van der Waals surface area contributed by atoms with Gasteiger partial charge in [0.2, 0.25) is 5.91 Å². The lowest BCUT2D eigenvalue weighted by Crippen LogP contribution is -2.49. The van der Waals surface area contributed by atoms with Gasteiger partial charge in [0, 0.05) is 47.2 Å². The van der Waals surface area contributed by atoms with Crippen molar-refractivity contribution < 1.29 is 23.9 Å². The van der Waals surface area contributed by atoms with Gasteiger partial charge in [0.1, 0.15) is 5.69 Å². The molecule has 0 radical (unpaired) electrons. The molecule has 1 atom stereocenters. The molecule has 0 bridgehead atoms. The minimum Gasteiger partial charge on any atom is -0.450 e. The quantitative estimate of drug-likeness (QED) is 0.295. The average Bonchev–Trinajstić information content (AvgIpc) is 3.47. The Labute approximate surface area is 217 Å². The number of fused-ring (bicyclic) bond motifs is 3. The first-order valence-corrected chi connectivity index (χ1v) is 12.7. The molecule has 4 rings (SSSR count). The Hall–Kier alpha value is -3.81. The van der Waals surface area contributed by atoms with Gasteiger partial charge in [-0.1, -0.05) is 0 Å². The van der Waals surface area contributed by atoms with Gasteiger partial charge in [-0.15, -0.1) is 11.3 Å². The normalized spacial score (nSPS) is 14.8. The van der Waals surface area contributed by atoms with E-state index in [1.165, 1.54) is 11.3 Å². The van der Waals surface area contributed by atoms with Crippen LogP contribution in [-0.4, -0.2) is 78.5 Å². The molecule has 37 heavy (non-hydrogen) atoms. The number of carbonyl (C=O) groups is 4. The van der Waals surface area contributed by atoms with Gasteiger partial charge in [0.05, 0.1) is 12.6 Å². The van der Waals surface area contributed by atoms with Crippen LogP contribution >= 0.6 is 11.3 Å². The molecule has 0 aliphatic carbocycles. The lowest BCUT2D eigenvalue weighted by Gasteiger charge is -2.23. The van der Waals surface area contributed by atoms with Gasteiger partial charge >= 0.3 is 6.09 Å². The summed E-state index contributed by atoms with van der Waals surface area (Å²) in [5, 5.41) is 13.6. The number of imide groups is 1. The van der Waals surface area contributed by atoms with Gasteiger partial charge in [-0.3, -0.25) is 30.3 Å². The molecule has 0 saturated heterocycles. The van der Waals surface area contributed by atoms with Crippen molar-refractivity contribution in [3.8, 4) is 0 Å². The number of hydrogen-bond acceptors (Lipinski definition) is 9. The van der Waals surface area contributed by atoms with E-state index in [9.17, 15) is 19.2 Å². The van der Waals surface area contributed by atoms with Crippen LogP contribution in [0.5, 0.6) is 0 Å². The fraction of sp³-hybridized carbons (Fsp3) is 0.375. The number of hydrogen-bond donors (Lipinski definition) is 5. The van der Waals surface area contributed by atoms with Crippen LogP contribution in [0, 0.1) is 0 Å². The van der Waals surface area contributed by atoms with Crippen molar-refractivity contribution in [1.29, 1.82) is 0 Å². The second kappa shape index (κ2) is 11.5. The number of aromatic nitrogens is 2. The van der Waals surface area contributed by atoms with Gasteiger partial charge in [0.25, 0.3) is 11.8 Å². The van der Waals surface area contributed by atoms with E-state index in [1.807, 2.05) is 25.1 Å². The second-order valence-corrected chi connectivity index (χ2v) is 9.60. The highest BCUT2D eigenvalue weighted by Crippen LogP contribution is 2.28. The zero-order valence-electron chi connectivity index (χ0n) is 20.8. The third-order valence-electron chi connectivity index (χ3n) is 5.81. The van der Waals surface area contributed by atoms with Crippen molar-refractivity contribution in [2.45, 2.75) is 25.9 Å². The number of benzene rings is 1. The van der Waals surface area contributed by atoms with Crippen LogP contribution in [0.25, 0.3) is 10.9 Å². The topological polar surface area (TPSA) is 158 Å². The number of anilines is 1. The van der Waals surface area contributed by atoms with Gasteiger partial charge in [-0.2, -0.15) is 0 Å². The van der Waals surface area contributed by atoms with E-state index >= 15 is 0 Å². The number of amides is 4. The smallest absolute Gasteiger partial charge is 0.413 e. The van der Waals surface area contributed by atoms with E-state index in [0.717, 1.165) is 22.2 Å². The van der Waals surface area contributed by atoms with Crippen LogP contribution in [-0.2, 0) is 22.5 Å². The summed E-state index contributed by atoms with van der Waals surface area (Å²) < 4.78 is 4.78. The van der Waals surface area contributed by atoms with E-state index in [4.69, 9.17) is 4.74 Å². The number of nitrogens with one attached hydrogen (secondary N) is 5. The maximum Gasteiger partial charge on any atom is 0.413 e. The van der Waals surface area contributed by atoms with E-state index in [2.05, 4.69) is 31.2 Å². The summed E-state index contributed by atoms with van der Waals surface area (Å²) >= 11 is 1.17. The highest BCUT2D eigenvalue weighted by molar-refractivity contribution is 7.14. The summed E-state index contributed by atoms with van der Waals surface area (Å²) in [7, 11) is 3.84. The number of rotatable bonds is 8. The van der Waals surface area contributed by atoms with Crippen molar-refractivity contribution in [2.24, 2.45) is 0 Å². The minimum absolute atomic E-state index is 0.168. The van der Waals surface area contributed by atoms with Gasteiger partial charge in [0.15, 0.2) is 5.13 Å². The Morgan fingerprint density at radius 1 is 1.22 bits per heavy atom. The zero-order valence-corrected chi connectivity index (χ0v) is 21.6. The average molecular weight is 528 g/mol. The maximum atomic E-state index is 12.9. The first-order valence-electron chi connectivity index (χ1n) is 11.8. The first-order chi connectivity index (χ1) is 17.7. The van der Waals surface area contributed by atoms with Crippen LogP contribution in [0.3, 0.4) is 0 Å². The molecule has 12 nitrogen and oxygen atoms in total. The Bertz CT molecular complexity index is 1330. The van der Waals surface area contributed by atoms with Gasteiger partial charge in [-0.05, 0) is 51.2 Å². The lowest BCUT2D eigenvalue weighted by molar-refractivity contribution is -0.122. The largest absolute Gasteiger partial charge is 0.450 e. The fourth-order valence-electron chi connectivity index (χ4n) is 3.96. The minimum atomic E-state index is -0.783. The van der Waals surface area contributed by atoms with Crippen molar-refractivity contribution in [2.75, 3.05) is 39.1 Å². The van der Waals surface area contributed by atoms with E-state index in [0.29, 0.717) is 36.8 Å². The maximum absolute atomic E-state index is 12.9. The monoisotopic (exact) mass is 527 g/mol. The highest BCUT2D eigenvalue weighted by atomic mass is 32.1. The SMILES string of the molecule is CCOC(=O)NC(=O)C1Cc2c([nH]c3ccc(C(=O)Nc4nc(C(=O)NCCN(C)C)cs4)cc23)CN1. The molecule has 3 aromatic rings. The lowest BCUT2D eigenvalue weighted by atomic mass is 9.97. The number of carbonyl (C=O) groups excluding carboxylic acids is 4. The summed E-state index contributed by atoms with van der Waals surface area (Å²) in [5.41, 5.74) is 3.30. The first kappa shape index (κ1) is 26.3. The van der Waals surface area contributed by atoms with Gasteiger partial charge in [-0.25, -0.2) is 9.78 Å². The molecule has 13 heteroatoms. The molecule has 2 aromatic heterocycles. The molecule has 0 saturated carbocycles. The number of likely N-dealkylation sites (N-methyl/N-ethyl adjacent to an activating group) is 1. The summed E-state index contributed by atoms with van der Waals surface area (Å²) in [6.45, 7) is 3.43. The molecular formula is C24H29N7O5S. The number of H-pyrrole nitrogens is 1. The van der Waals surface area contributed by atoms with Gasteiger partial charge < -0.3 is 19.9 Å². The van der Waals surface area contributed by atoms with Crippen molar-refractivity contribution in [1.82, 2.24) is 30.8 Å². The molecule has 1 unspecified atom stereocenters. The van der Waals surface area contributed by atoms with Crippen LogP contribution in [0.2, 0.25) is 0 Å². The molecule has 1 aliphatic heterocycles. The predicted molar refractivity (Wildman–Crippen MR) is 139 cm³/mol. The van der Waals surface area contributed by atoms with E-state index in [1.54, 1.807) is 24.4 Å². The molecule has 196 valence electrons. The highest BCUT2D eigenvalue weighted by Gasteiger charge is 2.28. The van der Waals surface area contributed by atoms with Crippen molar-refractivity contribution in [3.63, 3.8) is 0 Å². The van der Waals surface area contributed by atoms with Crippen molar-refractivity contribution >= 4 is 51.2 Å². The van der Waals surface area contributed by atoms with Crippen LogP contribution in [0.4, 0.5) is 9.93 Å². The Balaban J connectivity index is 1.44. The third kappa shape index (κ3) is 6.31. The molecule has 5 N–H and O–H groups in total. The summed E-state index contributed by atoms with van der Waals surface area (Å²) in [6.07, 6.45) is -0.445. The Morgan fingerprint density at radius 2 is 2.03 bits per heavy atom. The molecular weight excluding hydrogens is 498 g/mol. The number of ether oxygens (including phenoxy) is 1. The number of thiazole rings is 1. The molecule has 1 aliphatic rings. The van der Waals surface area contributed by atoms with E-state index < -0.39 is 18.0 Å². The standard InChI is InChI=1S/C24H29N7O5S/c1-4-36-24(35)30-22(34)17-10-15-14-9-13(5-6-16(14)27-18(15)11-26-17)20(32)29-23-28-19(12-37-23)21(33)25-7-8-31(2)3/h5-6,9,12,17,26-27H,4,7-8,10-11H2,1-3H3,(H,25,33)(H,28,29,32)(H,30,34,35). The van der Waals surface area contributed by atoms with E-state index in [-0.39, 0.29) is 24.1 Å². The Morgan fingerprint density at radius 3 is 2.78 bits per heavy atom. The predicted octanol–water partition coefficient (Wildman–Crippen LogP) is 1.46. The number of alkyl carbamates (subject to hydrolysis) is 1. The molecule has 0 spiro atoms. The molecule has 4 amide bonds. The number of aromatic amines is 1. The van der Waals surface area contributed by atoms with Crippen LogP contribution in [0.15, 0.2) is 23.6 Å². The zero-order chi connectivity index (χ0) is 26.5. The molecule has 1 aromatic carbocycles. The third-order valence-corrected chi connectivity index (χ3v) is 6.57. The second-order valence-electron chi connectivity index (χ2n) is 8.74. The molecule has 0 fully saturated rings. The Kier molecular flexibility index (Phi) is 8.16. The van der Waals surface area contributed by atoms with Crippen LogP contribution in [0.1, 0.15) is 39.0 Å². The summed E-state index contributed by atoms with van der Waals surface area (Å²) in [4.78, 5) is 58.8. The number of nitrogens with zero attached hydrogens (tertiary/aromatic N) is 2.